The van der Waals surface area contributed by atoms with Crippen molar-refractivity contribution in [2.45, 2.75) is 303 Å². The molecular weight excluding hydrogens is 865 g/mol. The quantitative estimate of drug-likeness (QED) is 0.0261. The number of hydrogen-bond donors (Lipinski definition) is 0. The largest absolute Gasteiger partial charge is 0.462 e. The Labute approximate surface area is 433 Å². The van der Waals surface area contributed by atoms with Gasteiger partial charge < -0.3 is 14.2 Å². The zero-order valence-electron chi connectivity index (χ0n) is 46.3. The maximum Gasteiger partial charge on any atom is 0.306 e. The minimum atomic E-state index is -0.818. The Morgan fingerprint density at radius 2 is 0.614 bits per heavy atom. The number of unbranched alkanes of at least 4 members (excludes halogenated alkanes) is 31. The molecule has 404 valence electrons. The van der Waals surface area contributed by atoms with Gasteiger partial charge in [0, 0.05) is 19.3 Å². The van der Waals surface area contributed by atoms with Gasteiger partial charge in [0.15, 0.2) is 6.10 Å². The molecule has 0 aliphatic rings. The van der Waals surface area contributed by atoms with Crippen molar-refractivity contribution in [3.05, 3.63) is 72.9 Å². The molecule has 0 amide bonds. The summed E-state index contributed by atoms with van der Waals surface area (Å²) in [5.41, 5.74) is 0. The second-order valence-corrected chi connectivity index (χ2v) is 19.9. The van der Waals surface area contributed by atoms with Crippen LogP contribution in [-0.2, 0) is 28.6 Å². The molecular formula is C64H112O6. The average molecular weight is 978 g/mol. The molecule has 0 N–H and O–H groups in total. The van der Waals surface area contributed by atoms with Crippen molar-refractivity contribution < 1.29 is 28.6 Å². The summed E-state index contributed by atoms with van der Waals surface area (Å²) in [6.45, 7) is 6.41. The van der Waals surface area contributed by atoms with E-state index < -0.39 is 12.1 Å². The Balaban J connectivity index is 4.24. The van der Waals surface area contributed by atoms with Crippen LogP contribution in [0.4, 0.5) is 0 Å². The van der Waals surface area contributed by atoms with Gasteiger partial charge in [-0.15, -0.1) is 0 Å². The van der Waals surface area contributed by atoms with Crippen LogP contribution in [-0.4, -0.2) is 37.2 Å². The highest BCUT2D eigenvalue weighted by Crippen LogP contribution is 2.17. The van der Waals surface area contributed by atoms with Crippen LogP contribution in [0.2, 0.25) is 0 Å². The van der Waals surface area contributed by atoms with E-state index in [0.29, 0.717) is 19.3 Å². The van der Waals surface area contributed by atoms with Gasteiger partial charge in [0.05, 0.1) is 0 Å². The molecule has 0 bridgehead atoms. The average Bonchev–Trinajstić information content (AvgIpc) is 3.36. The van der Waals surface area contributed by atoms with E-state index in [9.17, 15) is 14.4 Å². The zero-order chi connectivity index (χ0) is 50.7. The van der Waals surface area contributed by atoms with Crippen LogP contribution in [0, 0.1) is 0 Å². The van der Waals surface area contributed by atoms with E-state index >= 15 is 0 Å². The highest BCUT2D eigenvalue weighted by Gasteiger charge is 2.19. The van der Waals surface area contributed by atoms with Crippen molar-refractivity contribution in [3.63, 3.8) is 0 Å². The number of hydrogen-bond acceptors (Lipinski definition) is 6. The monoisotopic (exact) mass is 977 g/mol. The number of carbonyl (C=O) groups excluding carboxylic acids is 3. The Morgan fingerprint density at radius 1 is 0.300 bits per heavy atom. The van der Waals surface area contributed by atoms with E-state index in [1.807, 2.05) is 12.2 Å². The highest BCUT2D eigenvalue weighted by molar-refractivity contribution is 5.71. The zero-order valence-corrected chi connectivity index (χ0v) is 46.3. The van der Waals surface area contributed by atoms with Gasteiger partial charge in [-0.05, 0) is 70.6 Å². The van der Waals surface area contributed by atoms with Crippen molar-refractivity contribution >= 4 is 17.9 Å². The third-order valence-corrected chi connectivity index (χ3v) is 12.9. The van der Waals surface area contributed by atoms with Crippen LogP contribution in [0.5, 0.6) is 0 Å². The second kappa shape index (κ2) is 58.4. The first kappa shape index (κ1) is 66.9. The lowest BCUT2D eigenvalue weighted by molar-refractivity contribution is -0.166. The SMILES string of the molecule is CC/C=C\C/C=C\C/C=C\C/C=C\CCC(=O)OC(COC(=O)CCCCCCC/C=C\C/C=C\CCC)COC(=O)CCCCCCCCCCCCCCCCCCCCCCCCCCCC. The van der Waals surface area contributed by atoms with E-state index in [1.165, 1.54) is 154 Å². The normalized spacial score (nSPS) is 12.6. The van der Waals surface area contributed by atoms with Gasteiger partial charge >= 0.3 is 17.9 Å². The maximum atomic E-state index is 12.8. The minimum absolute atomic E-state index is 0.106. The third kappa shape index (κ3) is 55.8. The van der Waals surface area contributed by atoms with Gasteiger partial charge in [-0.25, -0.2) is 0 Å². The molecule has 0 aromatic carbocycles. The van der Waals surface area contributed by atoms with E-state index in [2.05, 4.69) is 81.5 Å². The standard InChI is InChI=1S/C64H112O6/c1-4-7-10-13-16-19-22-25-26-27-28-29-30-31-32-33-34-35-36-37-40-42-45-48-51-54-57-63(66)69-60-61(70-64(67)58-55-52-49-46-43-39-24-21-18-15-12-9-6-3)59-68-62(65)56-53-50-47-44-41-38-23-20-17-14-11-8-5-2/h9,11-12,14,18,20-21,23,39,43,49,52,61H,4-8,10,13,15-17,19,22,24-38,40-42,44-48,50-51,53-60H2,1-3H3/b12-9-,14-11-,21-18-,23-20-,43-39-,52-49-. The van der Waals surface area contributed by atoms with Crippen LogP contribution in [0.3, 0.4) is 0 Å². The Hall–Kier alpha value is -3.15. The Morgan fingerprint density at radius 3 is 0.986 bits per heavy atom. The molecule has 0 saturated carbocycles. The summed E-state index contributed by atoms with van der Waals surface area (Å²) in [5, 5.41) is 0. The lowest BCUT2D eigenvalue weighted by Crippen LogP contribution is -2.30. The lowest BCUT2D eigenvalue weighted by Gasteiger charge is -2.18. The molecule has 0 rings (SSSR count). The molecule has 0 spiro atoms. The van der Waals surface area contributed by atoms with Gasteiger partial charge in [-0.2, -0.15) is 0 Å². The van der Waals surface area contributed by atoms with Crippen LogP contribution in [0.1, 0.15) is 297 Å². The molecule has 0 fully saturated rings. The molecule has 0 aromatic rings. The van der Waals surface area contributed by atoms with Crippen molar-refractivity contribution in [2.24, 2.45) is 0 Å². The van der Waals surface area contributed by atoms with Gasteiger partial charge in [-0.1, -0.05) is 280 Å². The predicted molar refractivity (Wildman–Crippen MR) is 302 cm³/mol. The number of carbonyl (C=O) groups is 3. The highest BCUT2D eigenvalue weighted by atomic mass is 16.6. The molecule has 0 saturated heterocycles. The van der Waals surface area contributed by atoms with Gasteiger partial charge in [-0.3, -0.25) is 14.4 Å². The van der Waals surface area contributed by atoms with E-state index in [4.69, 9.17) is 14.2 Å². The number of rotatable bonds is 54. The first-order valence-electron chi connectivity index (χ1n) is 29.9. The Kier molecular flexibility index (Phi) is 55.8. The number of esters is 3. The predicted octanol–water partition coefficient (Wildman–Crippen LogP) is 20.2. The van der Waals surface area contributed by atoms with Gasteiger partial charge in [0.1, 0.15) is 13.2 Å². The molecule has 0 aliphatic carbocycles. The molecule has 1 unspecified atom stereocenters. The summed E-state index contributed by atoms with van der Waals surface area (Å²) >= 11 is 0. The van der Waals surface area contributed by atoms with Gasteiger partial charge in [0.2, 0.25) is 0 Å². The maximum absolute atomic E-state index is 12.8. The molecule has 6 heteroatoms. The summed E-state index contributed by atoms with van der Waals surface area (Å²) in [6.07, 6.45) is 75.1. The van der Waals surface area contributed by atoms with Crippen molar-refractivity contribution in [2.75, 3.05) is 13.2 Å². The van der Waals surface area contributed by atoms with E-state index in [0.717, 1.165) is 96.3 Å². The first-order valence-corrected chi connectivity index (χ1v) is 29.9. The number of ether oxygens (including phenoxy) is 3. The fourth-order valence-electron chi connectivity index (χ4n) is 8.50. The fourth-order valence-corrected chi connectivity index (χ4v) is 8.50. The molecule has 0 radical (unpaired) electrons. The molecule has 6 nitrogen and oxygen atoms in total. The van der Waals surface area contributed by atoms with Crippen LogP contribution in [0.25, 0.3) is 0 Å². The smallest absolute Gasteiger partial charge is 0.306 e. The molecule has 0 aliphatic heterocycles. The molecule has 70 heavy (non-hydrogen) atoms. The fraction of sp³-hybridized carbons (Fsp3) is 0.766. The van der Waals surface area contributed by atoms with Crippen LogP contribution in [0.15, 0.2) is 72.9 Å². The van der Waals surface area contributed by atoms with E-state index in [-0.39, 0.29) is 31.6 Å². The Bertz CT molecular complexity index is 1310. The minimum Gasteiger partial charge on any atom is -0.462 e. The van der Waals surface area contributed by atoms with Crippen LogP contribution < -0.4 is 0 Å². The summed E-state index contributed by atoms with van der Waals surface area (Å²) < 4.78 is 16.8. The second-order valence-electron chi connectivity index (χ2n) is 19.9. The van der Waals surface area contributed by atoms with Crippen molar-refractivity contribution in [1.29, 1.82) is 0 Å². The molecule has 0 heterocycles. The summed E-state index contributed by atoms with van der Waals surface area (Å²) in [4.78, 5) is 38.1. The summed E-state index contributed by atoms with van der Waals surface area (Å²) in [7, 11) is 0. The van der Waals surface area contributed by atoms with Crippen molar-refractivity contribution in [1.82, 2.24) is 0 Å². The molecule has 0 aromatic heterocycles. The summed E-state index contributed by atoms with van der Waals surface area (Å²) in [5.74, 6) is -0.995. The van der Waals surface area contributed by atoms with Crippen LogP contribution >= 0.6 is 0 Å². The van der Waals surface area contributed by atoms with Gasteiger partial charge in [0.25, 0.3) is 0 Å². The molecule has 1 atom stereocenters. The topological polar surface area (TPSA) is 78.9 Å². The number of allylic oxidation sites excluding steroid dienone is 12. The first-order chi connectivity index (χ1) is 34.5. The summed E-state index contributed by atoms with van der Waals surface area (Å²) in [6, 6.07) is 0. The van der Waals surface area contributed by atoms with Crippen molar-refractivity contribution in [3.8, 4) is 0 Å². The lowest BCUT2D eigenvalue weighted by atomic mass is 10.0. The third-order valence-electron chi connectivity index (χ3n) is 12.9. The van der Waals surface area contributed by atoms with E-state index in [1.54, 1.807) is 0 Å².